The monoisotopic (exact) mass is 180 g/mol. The normalized spacial score (nSPS) is 9.33. The van der Waals surface area contributed by atoms with E-state index >= 15 is 0 Å². The first-order valence-corrected chi connectivity index (χ1v) is 4.46. The van der Waals surface area contributed by atoms with Crippen molar-refractivity contribution in [3.63, 3.8) is 0 Å². The molecule has 4 heteroatoms. The maximum atomic E-state index is 8.54. The van der Waals surface area contributed by atoms with E-state index in [-0.39, 0.29) is 6.61 Å². The summed E-state index contributed by atoms with van der Waals surface area (Å²) in [7, 11) is 0. The van der Waals surface area contributed by atoms with Crippen LogP contribution in [0, 0.1) is 11.3 Å². The van der Waals surface area contributed by atoms with Crippen LogP contribution in [0.2, 0.25) is 0 Å². The van der Waals surface area contributed by atoms with E-state index < -0.39 is 0 Å². The largest absolute Gasteiger partial charge is 0.396 e. The van der Waals surface area contributed by atoms with Crippen molar-refractivity contribution < 1.29 is 5.11 Å². The Bertz CT molecular complexity index is 295. The highest BCUT2D eigenvalue weighted by molar-refractivity contribution is 7.99. The third kappa shape index (κ3) is 2.53. The van der Waals surface area contributed by atoms with Gasteiger partial charge in [-0.1, -0.05) is 6.07 Å². The van der Waals surface area contributed by atoms with Crippen molar-refractivity contribution in [3.8, 4) is 6.07 Å². The molecule has 1 heterocycles. The third-order valence-electron chi connectivity index (χ3n) is 1.18. The number of hydrogen-bond acceptors (Lipinski definition) is 4. The van der Waals surface area contributed by atoms with Gasteiger partial charge in [0.05, 0.1) is 11.6 Å². The van der Waals surface area contributed by atoms with Gasteiger partial charge in [-0.3, -0.25) is 0 Å². The summed E-state index contributed by atoms with van der Waals surface area (Å²) < 4.78 is 0. The summed E-state index contributed by atoms with van der Waals surface area (Å²) in [5.74, 6) is 0.613. The van der Waals surface area contributed by atoms with Gasteiger partial charge in [0.15, 0.2) is 0 Å². The lowest BCUT2D eigenvalue weighted by molar-refractivity contribution is 0.322. The van der Waals surface area contributed by atoms with E-state index in [1.54, 1.807) is 12.1 Å². The minimum atomic E-state index is 0.128. The summed E-state index contributed by atoms with van der Waals surface area (Å²) in [5, 5.41) is 17.8. The molecule has 0 spiro atoms. The van der Waals surface area contributed by atoms with Gasteiger partial charge < -0.3 is 5.11 Å². The molecule has 0 amide bonds. The predicted molar refractivity (Wildman–Crippen MR) is 46.8 cm³/mol. The van der Waals surface area contributed by atoms with Crippen LogP contribution >= 0.6 is 11.8 Å². The van der Waals surface area contributed by atoms with Gasteiger partial charge in [-0.2, -0.15) is 5.26 Å². The Morgan fingerprint density at radius 3 is 3.08 bits per heavy atom. The molecule has 0 aliphatic rings. The van der Waals surface area contributed by atoms with E-state index in [2.05, 4.69) is 4.98 Å². The van der Waals surface area contributed by atoms with Crippen molar-refractivity contribution >= 4 is 11.8 Å². The average Bonchev–Trinajstić information content (AvgIpc) is 2.15. The fourth-order valence-corrected chi connectivity index (χ4v) is 1.35. The molecule has 0 aromatic carbocycles. The van der Waals surface area contributed by atoms with Gasteiger partial charge in [0.25, 0.3) is 0 Å². The third-order valence-corrected chi connectivity index (χ3v) is 2.09. The van der Waals surface area contributed by atoms with Gasteiger partial charge in [-0.05, 0) is 12.1 Å². The Balaban J connectivity index is 2.68. The smallest absolute Gasteiger partial charge is 0.141 e. The standard InChI is InChI=1S/C8H8N2OS/c9-6-7-2-1-3-8(10-7)12-5-4-11/h1-3,11H,4-5H2. The quantitative estimate of drug-likeness (QED) is 0.706. The first-order valence-electron chi connectivity index (χ1n) is 3.47. The molecule has 1 aromatic heterocycles. The van der Waals surface area contributed by atoms with E-state index in [9.17, 15) is 0 Å². The Labute approximate surface area is 75.1 Å². The van der Waals surface area contributed by atoms with E-state index in [1.807, 2.05) is 12.1 Å². The van der Waals surface area contributed by atoms with Crippen LogP contribution in [-0.2, 0) is 0 Å². The fraction of sp³-hybridized carbons (Fsp3) is 0.250. The van der Waals surface area contributed by atoms with E-state index in [4.69, 9.17) is 10.4 Å². The first-order chi connectivity index (χ1) is 5.86. The molecular weight excluding hydrogens is 172 g/mol. The number of rotatable bonds is 3. The summed E-state index contributed by atoms with van der Waals surface area (Å²) in [6.07, 6.45) is 0. The number of nitriles is 1. The maximum absolute atomic E-state index is 8.54. The SMILES string of the molecule is N#Cc1cccc(SCCO)n1. The van der Waals surface area contributed by atoms with Gasteiger partial charge in [-0.15, -0.1) is 11.8 Å². The van der Waals surface area contributed by atoms with Gasteiger partial charge in [0.1, 0.15) is 11.8 Å². The highest BCUT2D eigenvalue weighted by atomic mass is 32.2. The van der Waals surface area contributed by atoms with Crippen LogP contribution in [0.3, 0.4) is 0 Å². The molecule has 0 radical (unpaired) electrons. The lowest BCUT2D eigenvalue weighted by Gasteiger charge is -1.97. The molecule has 0 aliphatic carbocycles. The van der Waals surface area contributed by atoms with Crippen molar-refractivity contribution in [3.05, 3.63) is 23.9 Å². The molecule has 0 bridgehead atoms. The summed E-state index contributed by atoms with van der Waals surface area (Å²) >= 11 is 1.44. The molecule has 12 heavy (non-hydrogen) atoms. The number of aromatic nitrogens is 1. The lowest BCUT2D eigenvalue weighted by Crippen LogP contribution is -1.89. The second-order valence-corrected chi connectivity index (χ2v) is 3.16. The number of thioether (sulfide) groups is 1. The Hall–Kier alpha value is -1.05. The number of nitrogens with zero attached hydrogens (tertiary/aromatic N) is 2. The molecule has 0 saturated carbocycles. The number of pyridine rings is 1. The Morgan fingerprint density at radius 2 is 2.42 bits per heavy atom. The van der Waals surface area contributed by atoms with Gasteiger partial charge in [-0.25, -0.2) is 4.98 Å². The minimum absolute atomic E-state index is 0.128. The first kappa shape index (κ1) is 9.04. The van der Waals surface area contributed by atoms with E-state index in [0.29, 0.717) is 11.4 Å². The number of hydrogen-bond donors (Lipinski definition) is 1. The Kier molecular flexibility index (Phi) is 3.58. The summed E-state index contributed by atoms with van der Waals surface area (Å²) in [5.41, 5.74) is 0.415. The molecule has 0 fully saturated rings. The summed E-state index contributed by atoms with van der Waals surface area (Å²) in [4.78, 5) is 4.02. The summed E-state index contributed by atoms with van der Waals surface area (Å²) in [6.45, 7) is 0.128. The van der Waals surface area contributed by atoms with Crippen LogP contribution in [0.1, 0.15) is 5.69 Å². The molecule has 0 atom stereocenters. The summed E-state index contributed by atoms with van der Waals surface area (Å²) in [6, 6.07) is 7.22. The predicted octanol–water partition coefficient (Wildman–Crippen LogP) is 1.04. The van der Waals surface area contributed by atoms with Crippen molar-refractivity contribution in [1.82, 2.24) is 4.98 Å². The van der Waals surface area contributed by atoms with Crippen molar-refractivity contribution in [2.45, 2.75) is 5.03 Å². The zero-order valence-corrected chi connectivity index (χ0v) is 7.21. The second kappa shape index (κ2) is 4.75. The molecule has 62 valence electrons. The van der Waals surface area contributed by atoms with Crippen molar-refractivity contribution in [1.29, 1.82) is 5.26 Å². The highest BCUT2D eigenvalue weighted by Crippen LogP contribution is 2.13. The number of aliphatic hydroxyl groups excluding tert-OH is 1. The Morgan fingerprint density at radius 1 is 1.58 bits per heavy atom. The van der Waals surface area contributed by atoms with Crippen LogP contribution in [-0.4, -0.2) is 22.5 Å². The van der Waals surface area contributed by atoms with Crippen molar-refractivity contribution in [2.75, 3.05) is 12.4 Å². The van der Waals surface area contributed by atoms with Crippen LogP contribution in [0.15, 0.2) is 23.2 Å². The van der Waals surface area contributed by atoms with Crippen molar-refractivity contribution in [2.24, 2.45) is 0 Å². The molecule has 1 N–H and O–H groups in total. The molecule has 0 saturated heterocycles. The molecule has 0 aliphatic heterocycles. The fourth-order valence-electron chi connectivity index (χ4n) is 0.708. The second-order valence-electron chi connectivity index (χ2n) is 2.04. The molecule has 3 nitrogen and oxygen atoms in total. The topological polar surface area (TPSA) is 56.9 Å². The van der Waals surface area contributed by atoms with Crippen LogP contribution < -0.4 is 0 Å². The van der Waals surface area contributed by atoms with Crippen LogP contribution in [0.4, 0.5) is 0 Å². The zero-order valence-electron chi connectivity index (χ0n) is 6.40. The number of aliphatic hydroxyl groups is 1. The molecule has 0 unspecified atom stereocenters. The van der Waals surface area contributed by atoms with Crippen LogP contribution in [0.25, 0.3) is 0 Å². The molecular formula is C8H8N2OS. The van der Waals surface area contributed by atoms with Gasteiger partial charge >= 0.3 is 0 Å². The molecule has 1 rings (SSSR count). The minimum Gasteiger partial charge on any atom is -0.396 e. The lowest BCUT2D eigenvalue weighted by atomic mass is 10.4. The van der Waals surface area contributed by atoms with E-state index in [0.717, 1.165) is 5.03 Å². The maximum Gasteiger partial charge on any atom is 0.141 e. The highest BCUT2D eigenvalue weighted by Gasteiger charge is 1.95. The average molecular weight is 180 g/mol. The van der Waals surface area contributed by atoms with Gasteiger partial charge in [0, 0.05) is 5.75 Å². The molecule has 1 aromatic rings. The van der Waals surface area contributed by atoms with Gasteiger partial charge in [0.2, 0.25) is 0 Å². The van der Waals surface area contributed by atoms with Crippen LogP contribution in [0.5, 0.6) is 0 Å². The zero-order chi connectivity index (χ0) is 8.81. The van der Waals surface area contributed by atoms with E-state index in [1.165, 1.54) is 11.8 Å².